The van der Waals surface area contributed by atoms with Gasteiger partial charge in [-0.2, -0.15) is 4.31 Å². The molecule has 1 N–H and O–H groups in total. The summed E-state index contributed by atoms with van der Waals surface area (Å²) in [6.45, 7) is 6.73. The van der Waals surface area contributed by atoms with E-state index in [9.17, 15) is 13.2 Å². The number of morpholine rings is 1. The average Bonchev–Trinajstić information content (AvgIpc) is 3.40. The minimum absolute atomic E-state index is 0.157. The van der Waals surface area contributed by atoms with E-state index in [1.54, 1.807) is 34.8 Å². The van der Waals surface area contributed by atoms with Gasteiger partial charge in [-0.05, 0) is 57.2 Å². The number of benzene rings is 1. The van der Waals surface area contributed by atoms with E-state index < -0.39 is 10.0 Å². The predicted molar refractivity (Wildman–Crippen MR) is 127 cm³/mol. The van der Waals surface area contributed by atoms with Crippen LogP contribution >= 0.6 is 22.7 Å². The number of amides is 1. The first-order chi connectivity index (χ1) is 15.2. The van der Waals surface area contributed by atoms with Gasteiger partial charge in [-0.1, -0.05) is 0 Å². The van der Waals surface area contributed by atoms with E-state index in [4.69, 9.17) is 4.74 Å². The molecule has 2 atom stereocenters. The van der Waals surface area contributed by atoms with Crippen LogP contribution < -0.4 is 5.32 Å². The number of nitrogens with zero attached hydrogens (tertiary/aromatic N) is 2. The highest BCUT2D eigenvalue weighted by molar-refractivity contribution is 7.89. The van der Waals surface area contributed by atoms with Crippen LogP contribution in [-0.4, -0.2) is 48.9 Å². The predicted octanol–water partition coefficient (Wildman–Crippen LogP) is 3.91. The minimum Gasteiger partial charge on any atom is -0.373 e. The van der Waals surface area contributed by atoms with Crippen LogP contribution in [0, 0.1) is 6.92 Å². The summed E-state index contributed by atoms with van der Waals surface area (Å²) in [6, 6.07) is 10.1. The summed E-state index contributed by atoms with van der Waals surface area (Å²) in [5, 5.41) is 5.94. The molecule has 0 radical (unpaired) electrons. The van der Waals surface area contributed by atoms with Crippen molar-refractivity contribution in [2.45, 2.75) is 44.4 Å². The highest BCUT2D eigenvalue weighted by Crippen LogP contribution is 2.29. The van der Waals surface area contributed by atoms with Gasteiger partial charge in [0.15, 0.2) is 0 Å². The second-order valence-electron chi connectivity index (χ2n) is 7.80. The number of rotatable bonds is 6. The molecule has 0 saturated carbocycles. The van der Waals surface area contributed by atoms with Gasteiger partial charge in [-0.25, -0.2) is 13.4 Å². The van der Waals surface area contributed by atoms with E-state index in [2.05, 4.69) is 10.3 Å². The molecule has 3 heterocycles. The van der Waals surface area contributed by atoms with Crippen LogP contribution in [0.3, 0.4) is 0 Å². The van der Waals surface area contributed by atoms with Gasteiger partial charge >= 0.3 is 0 Å². The molecule has 1 aliphatic rings. The van der Waals surface area contributed by atoms with Crippen LogP contribution in [0.2, 0.25) is 0 Å². The van der Waals surface area contributed by atoms with Crippen molar-refractivity contribution in [1.82, 2.24) is 14.6 Å². The molecule has 1 amide bonds. The number of nitrogens with one attached hydrogen (secondary N) is 1. The first-order valence-corrected chi connectivity index (χ1v) is 13.4. The Hall–Kier alpha value is -2.11. The Bertz CT molecular complexity index is 1190. The smallest absolute Gasteiger partial charge is 0.251 e. The largest absolute Gasteiger partial charge is 0.373 e. The van der Waals surface area contributed by atoms with Crippen LogP contribution in [0.5, 0.6) is 0 Å². The Morgan fingerprint density at radius 1 is 1.16 bits per heavy atom. The molecule has 0 aliphatic carbocycles. The van der Waals surface area contributed by atoms with E-state index in [0.717, 1.165) is 20.5 Å². The molecule has 10 heteroatoms. The topological polar surface area (TPSA) is 88.6 Å². The molecular formula is C22H25N3O4S3. The fourth-order valence-corrected chi connectivity index (χ4v) is 6.80. The number of thiophene rings is 1. The number of carbonyl (C=O) groups is 1. The molecule has 7 nitrogen and oxygen atoms in total. The zero-order chi connectivity index (χ0) is 22.9. The third-order valence-corrected chi connectivity index (χ3v) is 8.82. The molecule has 0 bridgehead atoms. The quantitative estimate of drug-likeness (QED) is 0.565. The Balaban J connectivity index is 1.38. The zero-order valence-corrected chi connectivity index (χ0v) is 20.5. The molecule has 2 unspecified atom stereocenters. The third kappa shape index (κ3) is 5.10. The van der Waals surface area contributed by atoms with Crippen LogP contribution in [0.15, 0.2) is 46.7 Å². The standard InChI is InChI=1S/C22H25N3O4S3/c1-14-11-25(12-15(2)29-14)32(27,28)19-7-4-17(5-8-19)22(26)23-10-18-6-9-21(31-18)20-13-30-16(3)24-20/h4-9,13-15H,10-12H2,1-3H3,(H,23,26). The molecule has 4 rings (SSSR count). The highest BCUT2D eigenvalue weighted by Gasteiger charge is 2.32. The summed E-state index contributed by atoms with van der Waals surface area (Å²) < 4.78 is 33.0. The molecule has 0 spiro atoms. The van der Waals surface area contributed by atoms with Gasteiger partial charge in [0.05, 0.1) is 39.2 Å². The molecular weight excluding hydrogens is 466 g/mol. The summed E-state index contributed by atoms with van der Waals surface area (Å²) in [6.07, 6.45) is -0.313. The Labute approximate surface area is 196 Å². The summed E-state index contributed by atoms with van der Waals surface area (Å²) in [4.78, 5) is 19.3. The molecule has 32 heavy (non-hydrogen) atoms. The van der Waals surface area contributed by atoms with Crippen molar-refractivity contribution >= 4 is 38.6 Å². The summed E-state index contributed by atoms with van der Waals surface area (Å²) in [5.41, 5.74) is 1.37. The maximum Gasteiger partial charge on any atom is 0.251 e. The Morgan fingerprint density at radius 3 is 2.47 bits per heavy atom. The average molecular weight is 492 g/mol. The number of thiazole rings is 1. The van der Waals surface area contributed by atoms with Crippen LogP contribution in [-0.2, 0) is 21.3 Å². The number of aryl methyl sites for hydroxylation is 1. The molecule has 3 aromatic rings. The van der Waals surface area contributed by atoms with Crippen molar-refractivity contribution in [2.75, 3.05) is 13.1 Å². The van der Waals surface area contributed by atoms with Crippen molar-refractivity contribution < 1.29 is 17.9 Å². The third-order valence-electron chi connectivity index (χ3n) is 5.10. The van der Waals surface area contributed by atoms with Crippen molar-refractivity contribution in [3.63, 3.8) is 0 Å². The van der Waals surface area contributed by atoms with Gasteiger partial charge < -0.3 is 10.1 Å². The first kappa shape index (κ1) is 23.1. The normalized spacial score (nSPS) is 19.7. The Kier molecular flexibility index (Phi) is 6.78. The monoisotopic (exact) mass is 491 g/mol. The van der Waals surface area contributed by atoms with Crippen molar-refractivity contribution in [3.8, 4) is 10.6 Å². The second-order valence-corrected chi connectivity index (χ2v) is 12.0. The van der Waals surface area contributed by atoms with Gasteiger partial charge in [-0.15, -0.1) is 22.7 Å². The van der Waals surface area contributed by atoms with Crippen LogP contribution in [0.1, 0.15) is 34.1 Å². The maximum atomic E-state index is 13.0. The maximum absolute atomic E-state index is 13.0. The fourth-order valence-electron chi connectivity index (χ4n) is 3.61. The number of hydrogen-bond acceptors (Lipinski definition) is 7. The van der Waals surface area contributed by atoms with Gasteiger partial charge in [0, 0.05) is 28.9 Å². The fraction of sp³-hybridized carbons (Fsp3) is 0.364. The summed E-state index contributed by atoms with van der Waals surface area (Å²) in [5.74, 6) is -0.248. The Morgan fingerprint density at radius 2 is 1.84 bits per heavy atom. The van der Waals surface area contributed by atoms with Gasteiger partial charge in [-0.3, -0.25) is 4.79 Å². The lowest BCUT2D eigenvalue weighted by molar-refractivity contribution is -0.0440. The SMILES string of the molecule is Cc1nc(-c2ccc(CNC(=O)c3ccc(S(=O)(=O)N4CC(C)OC(C)C4)cc3)s2)cs1. The zero-order valence-electron chi connectivity index (χ0n) is 18.1. The van der Waals surface area contributed by atoms with E-state index in [1.807, 2.05) is 38.3 Å². The summed E-state index contributed by atoms with van der Waals surface area (Å²) in [7, 11) is -3.63. The van der Waals surface area contributed by atoms with E-state index in [1.165, 1.54) is 16.4 Å². The molecule has 1 aromatic carbocycles. The number of aromatic nitrogens is 1. The van der Waals surface area contributed by atoms with Gasteiger partial charge in [0.2, 0.25) is 10.0 Å². The van der Waals surface area contributed by atoms with Crippen molar-refractivity contribution in [2.24, 2.45) is 0 Å². The number of sulfonamides is 1. The van der Waals surface area contributed by atoms with Gasteiger partial charge in [0.1, 0.15) is 0 Å². The molecule has 1 saturated heterocycles. The highest BCUT2D eigenvalue weighted by atomic mass is 32.2. The van der Waals surface area contributed by atoms with E-state index in [0.29, 0.717) is 25.2 Å². The number of hydrogen-bond donors (Lipinski definition) is 1. The van der Waals surface area contributed by atoms with Crippen LogP contribution in [0.4, 0.5) is 0 Å². The molecule has 170 valence electrons. The second kappa shape index (κ2) is 9.40. The number of carbonyl (C=O) groups excluding carboxylic acids is 1. The van der Waals surface area contributed by atoms with Crippen molar-refractivity contribution in [1.29, 1.82) is 0 Å². The van der Waals surface area contributed by atoms with Crippen molar-refractivity contribution in [3.05, 3.63) is 57.2 Å². The lowest BCUT2D eigenvalue weighted by Crippen LogP contribution is -2.48. The molecule has 2 aromatic heterocycles. The summed E-state index contributed by atoms with van der Waals surface area (Å²) >= 11 is 3.20. The lowest BCUT2D eigenvalue weighted by atomic mass is 10.2. The lowest BCUT2D eigenvalue weighted by Gasteiger charge is -2.34. The number of ether oxygens (including phenoxy) is 1. The minimum atomic E-state index is -3.63. The molecule has 1 aliphatic heterocycles. The van der Waals surface area contributed by atoms with E-state index >= 15 is 0 Å². The first-order valence-electron chi connectivity index (χ1n) is 10.3. The van der Waals surface area contributed by atoms with Crippen LogP contribution in [0.25, 0.3) is 10.6 Å². The van der Waals surface area contributed by atoms with Gasteiger partial charge in [0.25, 0.3) is 5.91 Å². The molecule has 1 fully saturated rings. The van der Waals surface area contributed by atoms with E-state index in [-0.39, 0.29) is 23.0 Å².